The number of hydrogen-bond donors (Lipinski definition) is 2. The van der Waals surface area contributed by atoms with E-state index in [0.29, 0.717) is 13.1 Å². The Bertz CT molecular complexity index is 265. The molecule has 0 radical (unpaired) electrons. The maximum atomic E-state index is 12.8. The fourth-order valence-corrected chi connectivity index (χ4v) is 2.80. The molecule has 2 saturated carbocycles. The Morgan fingerprint density at radius 3 is 2.00 bits per heavy atom. The Hall–Kier alpha value is -0.290. The van der Waals surface area contributed by atoms with Crippen LogP contribution >= 0.6 is 0 Å². The molecule has 0 aromatic heterocycles. The van der Waals surface area contributed by atoms with E-state index in [0.717, 1.165) is 25.7 Å². The van der Waals surface area contributed by atoms with Gasteiger partial charge in [0.2, 0.25) is 0 Å². The molecule has 2 aliphatic carbocycles. The lowest BCUT2D eigenvalue weighted by atomic mass is 9.74. The Labute approximate surface area is 100 Å². The number of nitrogens with two attached hydrogens (primary N) is 1. The van der Waals surface area contributed by atoms with Gasteiger partial charge in [-0.25, -0.2) is 0 Å². The van der Waals surface area contributed by atoms with Crippen molar-refractivity contribution in [2.75, 3.05) is 13.1 Å². The highest BCUT2D eigenvalue weighted by Crippen LogP contribution is 2.49. The van der Waals surface area contributed by atoms with E-state index in [1.807, 2.05) is 0 Å². The molecule has 2 rings (SSSR count). The monoisotopic (exact) mass is 250 g/mol. The molecule has 0 atom stereocenters. The minimum atomic E-state index is -4.11. The number of rotatable bonds is 4. The summed E-state index contributed by atoms with van der Waals surface area (Å²) in [7, 11) is 0. The molecule has 0 unspecified atom stereocenters. The smallest absolute Gasteiger partial charge is 0.330 e. The van der Waals surface area contributed by atoms with Gasteiger partial charge in [-0.3, -0.25) is 0 Å². The molecule has 100 valence electrons. The molecule has 0 aliphatic heterocycles. The highest BCUT2D eigenvalue weighted by atomic mass is 19.4. The van der Waals surface area contributed by atoms with Crippen molar-refractivity contribution in [1.29, 1.82) is 0 Å². The van der Waals surface area contributed by atoms with Crippen molar-refractivity contribution in [2.45, 2.75) is 56.7 Å². The number of nitrogens with one attached hydrogen (secondary N) is 1. The molecule has 0 saturated heterocycles. The van der Waals surface area contributed by atoms with Gasteiger partial charge in [0.1, 0.15) is 5.54 Å². The largest absolute Gasteiger partial charge is 0.406 e. The van der Waals surface area contributed by atoms with Crippen LogP contribution in [-0.4, -0.2) is 24.8 Å². The van der Waals surface area contributed by atoms with Gasteiger partial charge in [-0.1, -0.05) is 19.3 Å². The molecule has 0 bridgehead atoms. The number of hydrogen-bond acceptors (Lipinski definition) is 2. The van der Waals surface area contributed by atoms with Crippen LogP contribution in [0.2, 0.25) is 0 Å². The third-order valence-corrected chi connectivity index (χ3v) is 4.44. The Kier molecular flexibility index (Phi) is 3.42. The van der Waals surface area contributed by atoms with Crippen molar-refractivity contribution in [2.24, 2.45) is 11.1 Å². The summed E-state index contributed by atoms with van der Waals surface area (Å²) in [5, 5.41) is 2.77. The van der Waals surface area contributed by atoms with Crippen LogP contribution in [0.4, 0.5) is 13.2 Å². The van der Waals surface area contributed by atoms with Gasteiger partial charge in [0.25, 0.3) is 0 Å². The van der Waals surface area contributed by atoms with Crippen LogP contribution in [-0.2, 0) is 0 Å². The van der Waals surface area contributed by atoms with Crippen molar-refractivity contribution >= 4 is 0 Å². The zero-order valence-electron chi connectivity index (χ0n) is 10.1. The van der Waals surface area contributed by atoms with Crippen molar-refractivity contribution in [3.8, 4) is 0 Å². The van der Waals surface area contributed by atoms with E-state index in [-0.39, 0.29) is 18.3 Å². The molecule has 0 aromatic rings. The first-order chi connectivity index (χ1) is 7.93. The second-order valence-electron chi connectivity index (χ2n) is 5.70. The summed E-state index contributed by atoms with van der Waals surface area (Å²) in [4.78, 5) is 0. The summed E-state index contributed by atoms with van der Waals surface area (Å²) in [6.07, 6.45) is 1.63. The van der Waals surface area contributed by atoms with E-state index >= 15 is 0 Å². The molecule has 2 nitrogen and oxygen atoms in total. The average Bonchev–Trinajstić information content (AvgIpc) is 3.08. The molecule has 0 heterocycles. The molecule has 0 aromatic carbocycles. The maximum Gasteiger partial charge on any atom is 0.406 e. The Morgan fingerprint density at radius 1 is 1.00 bits per heavy atom. The highest BCUT2D eigenvalue weighted by Gasteiger charge is 2.63. The van der Waals surface area contributed by atoms with Crippen molar-refractivity contribution in [1.82, 2.24) is 5.32 Å². The first-order valence-electron chi connectivity index (χ1n) is 6.45. The zero-order chi connectivity index (χ0) is 12.6. The molecular formula is C12H21F3N2. The predicted molar refractivity (Wildman–Crippen MR) is 60.6 cm³/mol. The second kappa shape index (κ2) is 4.43. The SMILES string of the molecule is NCC1(CNC2(C(F)(F)F)CC2)CCCCC1. The van der Waals surface area contributed by atoms with E-state index in [4.69, 9.17) is 5.73 Å². The van der Waals surface area contributed by atoms with E-state index in [9.17, 15) is 13.2 Å². The molecule has 5 heteroatoms. The fraction of sp³-hybridized carbons (Fsp3) is 1.00. The summed E-state index contributed by atoms with van der Waals surface area (Å²) in [6, 6.07) is 0. The van der Waals surface area contributed by atoms with Gasteiger partial charge in [-0.2, -0.15) is 13.2 Å². The van der Waals surface area contributed by atoms with Gasteiger partial charge >= 0.3 is 6.18 Å². The Morgan fingerprint density at radius 2 is 1.59 bits per heavy atom. The van der Waals surface area contributed by atoms with Crippen molar-refractivity contribution in [3.63, 3.8) is 0 Å². The molecule has 2 fully saturated rings. The summed E-state index contributed by atoms with van der Waals surface area (Å²) in [5.74, 6) is 0. The zero-order valence-corrected chi connectivity index (χ0v) is 10.1. The van der Waals surface area contributed by atoms with E-state index < -0.39 is 11.7 Å². The summed E-state index contributed by atoms with van der Waals surface area (Å²) in [6.45, 7) is 0.914. The van der Waals surface area contributed by atoms with E-state index in [2.05, 4.69) is 5.32 Å². The molecule has 17 heavy (non-hydrogen) atoms. The first-order valence-corrected chi connectivity index (χ1v) is 6.45. The van der Waals surface area contributed by atoms with Gasteiger partial charge in [0, 0.05) is 6.54 Å². The van der Waals surface area contributed by atoms with Crippen LogP contribution < -0.4 is 11.1 Å². The minimum Gasteiger partial charge on any atom is -0.330 e. The standard InChI is InChI=1S/C12H21F3N2/c13-12(14,15)11(6-7-11)17-9-10(8-16)4-2-1-3-5-10/h17H,1-9,16H2. The van der Waals surface area contributed by atoms with Gasteiger partial charge in [0.05, 0.1) is 0 Å². The third-order valence-electron chi connectivity index (χ3n) is 4.44. The summed E-state index contributed by atoms with van der Waals surface area (Å²) in [5.41, 5.74) is 4.09. The van der Waals surface area contributed by atoms with Crippen molar-refractivity contribution < 1.29 is 13.2 Å². The van der Waals surface area contributed by atoms with E-state index in [1.165, 1.54) is 6.42 Å². The second-order valence-corrected chi connectivity index (χ2v) is 5.70. The Balaban J connectivity index is 1.92. The topological polar surface area (TPSA) is 38.0 Å². The van der Waals surface area contributed by atoms with E-state index in [1.54, 1.807) is 0 Å². The highest BCUT2D eigenvalue weighted by molar-refractivity contribution is 5.08. The number of halogens is 3. The van der Waals surface area contributed by atoms with Crippen LogP contribution in [0.1, 0.15) is 44.9 Å². The molecule has 3 N–H and O–H groups in total. The summed E-state index contributed by atoms with van der Waals surface area (Å²) >= 11 is 0. The molecule has 0 spiro atoms. The lowest BCUT2D eigenvalue weighted by Gasteiger charge is -2.38. The molecule has 2 aliphatic rings. The number of alkyl halides is 3. The molecular weight excluding hydrogens is 229 g/mol. The fourth-order valence-electron chi connectivity index (χ4n) is 2.80. The molecule has 0 amide bonds. The van der Waals surface area contributed by atoms with Gasteiger partial charge in [-0.05, 0) is 37.6 Å². The summed E-state index contributed by atoms with van der Waals surface area (Å²) < 4.78 is 38.4. The maximum absolute atomic E-state index is 12.8. The lowest BCUT2D eigenvalue weighted by molar-refractivity contribution is -0.167. The van der Waals surface area contributed by atoms with Crippen LogP contribution in [0.5, 0.6) is 0 Å². The third kappa shape index (κ3) is 2.60. The van der Waals surface area contributed by atoms with Crippen molar-refractivity contribution in [3.05, 3.63) is 0 Å². The average molecular weight is 250 g/mol. The van der Waals surface area contributed by atoms with Crippen LogP contribution in [0, 0.1) is 5.41 Å². The van der Waals surface area contributed by atoms with Gasteiger partial charge in [-0.15, -0.1) is 0 Å². The minimum absolute atomic E-state index is 0.0981. The van der Waals surface area contributed by atoms with Crippen LogP contribution in [0.3, 0.4) is 0 Å². The van der Waals surface area contributed by atoms with Crippen LogP contribution in [0.25, 0.3) is 0 Å². The first kappa shape index (κ1) is 13.1. The predicted octanol–water partition coefficient (Wildman–Crippen LogP) is 2.58. The quantitative estimate of drug-likeness (QED) is 0.804. The van der Waals surface area contributed by atoms with Gasteiger partial charge in [0.15, 0.2) is 0 Å². The van der Waals surface area contributed by atoms with Crippen LogP contribution in [0.15, 0.2) is 0 Å². The van der Waals surface area contributed by atoms with Gasteiger partial charge < -0.3 is 11.1 Å². The normalized spacial score (nSPS) is 26.8. The lowest BCUT2D eigenvalue weighted by Crippen LogP contribution is -2.51.